The standard InChI is InChI=1S/C22H28N4O2/c27-22(21-23-11-4-12-24-21)26-15-9-20(10-16-26)28-19-7-13-25(14-8-19)17-18-5-2-1-3-6-18/h1-6,11-12,19-20H,7-10,13-17H2. The molecule has 28 heavy (non-hydrogen) atoms. The van der Waals surface area contributed by atoms with Crippen molar-refractivity contribution >= 4 is 5.91 Å². The van der Waals surface area contributed by atoms with Gasteiger partial charge in [-0.05, 0) is 37.3 Å². The van der Waals surface area contributed by atoms with Crippen molar-refractivity contribution < 1.29 is 9.53 Å². The molecule has 1 aromatic heterocycles. The lowest BCUT2D eigenvalue weighted by Crippen LogP contribution is -2.44. The summed E-state index contributed by atoms with van der Waals surface area (Å²) in [5, 5.41) is 0. The summed E-state index contributed by atoms with van der Waals surface area (Å²) < 4.78 is 6.37. The number of hydrogen-bond donors (Lipinski definition) is 0. The molecule has 0 N–H and O–H groups in total. The van der Waals surface area contributed by atoms with Crippen LogP contribution in [0, 0.1) is 0 Å². The van der Waals surface area contributed by atoms with Gasteiger partial charge in [0, 0.05) is 45.1 Å². The van der Waals surface area contributed by atoms with E-state index in [9.17, 15) is 4.79 Å². The Morgan fingerprint density at radius 3 is 2.14 bits per heavy atom. The lowest BCUT2D eigenvalue weighted by molar-refractivity contribution is -0.0629. The number of nitrogens with zero attached hydrogens (tertiary/aromatic N) is 4. The van der Waals surface area contributed by atoms with Crippen molar-refractivity contribution in [2.45, 2.75) is 44.4 Å². The number of carbonyl (C=O) groups is 1. The molecule has 0 atom stereocenters. The van der Waals surface area contributed by atoms with Gasteiger partial charge in [0.2, 0.25) is 5.82 Å². The molecule has 0 unspecified atom stereocenters. The Bertz CT molecular complexity index is 740. The zero-order valence-corrected chi connectivity index (χ0v) is 16.2. The van der Waals surface area contributed by atoms with Gasteiger partial charge >= 0.3 is 0 Å². The van der Waals surface area contributed by atoms with Gasteiger partial charge in [-0.3, -0.25) is 9.69 Å². The monoisotopic (exact) mass is 380 g/mol. The molecule has 1 aromatic carbocycles. The summed E-state index contributed by atoms with van der Waals surface area (Å²) in [5.41, 5.74) is 1.38. The fourth-order valence-electron chi connectivity index (χ4n) is 4.06. The molecule has 0 aliphatic carbocycles. The molecule has 2 aliphatic rings. The van der Waals surface area contributed by atoms with E-state index < -0.39 is 0 Å². The van der Waals surface area contributed by atoms with Crippen LogP contribution in [0.5, 0.6) is 0 Å². The van der Waals surface area contributed by atoms with Crippen molar-refractivity contribution in [3.8, 4) is 0 Å². The van der Waals surface area contributed by atoms with E-state index in [1.165, 1.54) is 5.56 Å². The largest absolute Gasteiger partial charge is 0.375 e. The van der Waals surface area contributed by atoms with E-state index in [1.54, 1.807) is 18.5 Å². The van der Waals surface area contributed by atoms with Crippen LogP contribution >= 0.6 is 0 Å². The van der Waals surface area contributed by atoms with Crippen molar-refractivity contribution in [2.75, 3.05) is 26.2 Å². The van der Waals surface area contributed by atoms with Gasteiger partial charge < -0.3 is 9.64 Å². The van der Waals surface area contributed by atoms with Crippen LogP contribution in [-0.2, 0) is 11.3 Å². The van der Waals surface area contributed by atoms with Crippen LogP contribution in [0.15, 0.2) is 48.8 Å². The summed E-state index contributed by atoms with van der Waals surface area (Å²) in [7, 11) is 0. The molecule has 4 rings (SSSR count). The molecule has 2 saturated heterocycles. The smallest absolute Gasteiger partial charge is 0.291 e. The number of carbonyl (C=O) groups excluding carboxylic acids is 1. The first-order valence-electron chi connectivity index (χ1n) is 10.3. The minimum Gasteiger partial charge on any atom is -0.375 e. The predicted octanol–water partition coefficient (Wildman–Crippen LogP) is 2.76. The van der Waals surface area contributed by atoms with Gasteiger partial charge in [-0.15, -0.1) is 0 Å². The SMILES string of the molecule is O=C(c1ncccn1)N1CCC(OC2CCN(Cc3ccccc3)CC2)CC1. The quantitative estimate of drug-likeness (QED) is 0.798. The first-order valence-corrected chi connectivity index (χ1v) is 10.3. The molecule has 0 saturated carbocycles. The van der Waals surface area contributed by atoms with E-state index in [0.29, 0.717) is 19.2 Å². The minimum absolute atomic E-state index is 0.0757. The van der Waals surface area contributed by atoms with E-state index in [2.05, 4.69) is 45.2 Å². The van der Waals surface area contributed by atoms with Crippen molar-refractivity contribution in [3.63, 3.8) is 0 Å². The third kappa shape index (κ3) is 4.94. The maximum atomic E-state index is 12.4. The van der Waals surface area contributed by atoms with Gasteiger partial charge in [0.25, 0.3) is 5.91 Å². The van der Waals surface area contributed by atoms with Crippen LogP contribution in [0.3, 0.4) is 0 Å². The molecule has 3 heterocycles. The van der Waals surface area contributed by atoms with Crippen molar-refractivity contribution in [2.24, 2.45) is 0 Å². The zero-order chi connectivity index (χ0) is 19.2. The number of amides is 1. The molecule has 148 valence electrons. The lowest BCUT2D eigenvalue weighted by atomic mass is 10.0. The van der Waals surface area contributed by atoms with Crippen LogP contribution in [0.2, 0.25) is 0 Å². The van der Waals surface area contributed by atoms with Crippen molar-refractivity contribution in [1.82, 2.24) is 19.8 Å². The Balaban J connectivity index is 1.18. The number of benzene rings is 1. The highest BCUT2D eigenvalue weighted by Crippen LogP contribution is 2.22. The molecule has 6 nitrogen and oxygen atoms in total. The van der Waals surface area contributed by atoms with Gasteiger partial charge in [-0.1, -0.05) is 30.3 Å². The molecule has 2 aliphatic heterocycles. The molecule has 2 fully saturated rings. The number of likely N-dealkylation sites (tertiary alicyclic amines) is 2. The first-order chi connectivity index (χ1) is 13.8. The molecule has 2 aromatic rings. The number of ether oxygens (including phenoxy) is 1. The Kier molecular flexibility index (Phi) is 6.29. The van der Waals surface area contributed by atoms with Crippen molar-refractivity contribution in [1.29, 1.82) is 0 Å². The number of aromatic nitrogens is 2. The molecular formula is C22H28N4O2. The summed E-state index contributed by atoms with van der Waals surface area (Å²) in [6.07, 6.45) is 7.78. The second kappa shape index (κ2) is 9.26. The van der Waals surface area contributed by atoms with Gasteiger partial charge in [-0.2, -0.15) is 0 Å². The minimum atomic E-state index is -0.0757. The van der Waals surface area contributed by atoms with Crippen LogP contribution in [0.4, 0.5) is 0 Å². The predicted molar refractivity (Wildman–Crippen MR) is 107 cm³/mol. The summed E-state index contributed by atoms with van der Waals surface area (Å²) in [6.45, 7) is 4.63. The molecule has 0 bridgehead atoms. The highest BCUT2D eigenvalue weighted by atomic mass is 16.5. The van der Waals surface area contributed by atoms with E-state index in [0.717, 1.165) is 45.3 Å². The molecule has 6 heteroatoms. The summed E-state index contributed by atoms with van der Waals surface area (Å²) in [4.78, 5) is 24.9. The molecule has 1 amide bonds. The van der Waals surface area contributed by atoms with Gasteiger partial charge in [0.05, 0.1) is 12.2 Å². The van der Waals surface area contributed by atoms with Gasteiger partial charge in [-0.25, -0.2) is 9.97 Å². The average Bonchev–Trinajstić information content (AvgIpc) is 2.76. The van der Waals surface area contributed by atoms with Crippen LogP contribution < -0.4 is 0 Å². The normalized spacial score (nSPS) is 19.6. The number of piperidine rings is 2. The van der Waals surface area contributed by atoms with Crippen LogP contribution in [0.1, 0.15) is 41.9 Å². The highest BCUT2D eigenvalue weighted by molar-refractivity contribution is 5.90. The van der Waals surface area contributed by atoms with Crippen LogP contribution in [0.25, 0.3) is 0 Å². The fraction of sp³-hybridized carbons (Fsp3) is 0.500. The zero-order valence-electron chi connectivity index (χ0n) is 16.2. The summed E-state index contributed by atoms with van der Waals surface area (Å²) in [5.74, 6) is 0.209. The van der Waals surface area contributed by atoms with Gasteiger partial charge in [0.1, 0.15) is 0 Å². The maximum Gasteiger partial charge on any atom is 0.291 e. The second-order valence-corrected chi connectivity index (χ2v) is 7.66. The number of rotatable bonds is 5. The molecule has 0 radical (unpaired) electrons. The summed E-state index contributed by atoms with van der Waals surface area (Å²) >= 11 is 0. The Labute approximate surface area is 166 Å². The topological polar surface area (TPSA) is 58.6 Å². The Hall–Kier alpha value is -2.31. The molecular weight excluding hydrogens is 352 g/mol. The van der Waals surface area contributed by atoms with Crippen LogP contribution in [-0.4, -0.2) is 64.1 Å². The fourth-order valence-corrected chi connectivity index (χ4v) is 4.06. The Morgan fingerprint density at radius 1 is 0.893 bits per heavy atom. The third-order valence-electron chi connectivity index (χ3n) is 5.65. The van der Waals surface area contributed by atoms with Crippen molar-refractivity contribution in [3.05, 3.63) is 60.2 Å². The van der Waals surface area contributed by atoms with E-state index in [1.807, 2.05) is 4.90 Å². The lowest BCUT2D eigenvalue weighted by Gasteiger charge is -2.37. The van der Waals surface area contributed by atoms with E-state index in [-0.39, 0.29) is 17.8 Å². The van der Waals surface area contributed by atoms with E-state index in [4.69, 9.17) is 4.74 Å². The highest BCUT2D eigenvalue weighted by Gasteiger charge is 2.28. The number of hydrogen-bond acceptors (Lipinski definition) is 5. The average molecular weight is 380 g/mol. The summed E-state index contributed by atoms with van der Waals surface area (Å²) in [6, 6.07) is 12.4. The Morgan fingerprint density at radius 2 is 1.50 bits per heavy atom. The first kappa shape index (κ1) is 19.0. The van der Waals surface area contributed by atoms with E-state index >= 15 is 0 Å². The second-order valence-electron chi connectivity index (χ2n) is 7.66. The van der Waals surface area contributed by atoms with Gasteiger partial charge in [0.15, 0.2) is 0 Å². The maximum absolute atomic E-state index is 12.4. The third-order valence-corrected chi connectivity index (χ3v) is 5.65. The molecule has 0 spiro atoms.